The first kappa shape index (κ1) is 19.6. The summed E-state index contributed by atoms with van der Waals surface area (Å²) in [6.45, 7) is 8.17. The van der Waals surface area contributed by atoms with E-state index in [1.54, 1.807) is 0 Å². The van der Waals surface area contributed by atoms with Crippen molar-refractivity contribution in [1.29, 1.82) is 0 Å². The fraction of sp³-hybridized carbons (Fsp3) is 0.458. The number of carbonyl (C=O) groups is 3. The van der Waals surface area contributed by atoms with Crippen LogP contribution in [0.5, 0.6) is 0 Å². The first-order chi connectivity index (χ1) is 13.6. The maximum Gasteiger partial charge on any atom is 0.232 e. The molecule has 2 aromatic rings. The molecule has 0 spiro atoms. The van der Waals surface area contributed by atoms with Gasteiger partial charge < -0.3 is 4.90 Å². The van der Waals surface area contributed by atoms with Crippen molar-refractivity contribution in [2.45, 2.75) is 47.0 Å². The molecular weight excluding hydrogens is 364 g/mol. The van der Waals surface area contributed by atoms with E-state index in [0.29, 0.717) is 25.8 Å². The molecule has 1 N–H and O–H groups in total. The highest BCUT2D eigenvalue weighted by atomic mass is 16.2. The summed E-state index contributed by atoms with van der Waals surface area (Å²) in [4.78, 5) is 41.0. The fourth-order valence-corrected chi connectivity index (χ4v) is 5.84. The number of nitrogens with one attached hydrogen (secondary N) is 1. The molecule has 0 aromatic heterocycles. The van der Waals surface area contributed by atoms with Gasteiger partial charge in [-0.25, -0.2) is 0 Å². The molecule has 2 unspecified atom stereocenters. The van der Waals surface area contributed by atoms with E-state index >= 15 is 0 Å². The molecule has 29 heavy (non-hydrogen) atoms. The Hall–Kier alpha value is -2.69. The zero-order valence-electron chi connectivity index (χ0n) is 17.5. The number of nitrogens with zero attached hydrogens (tertiary/aromatic N) is 1. The minimum absolute atomic E-state index is 0.0176. The van der Waals surface area contributed by atoms with Gasteiger partial charge in [-0.05, 0) is 37.6 Å². The predicted octanol–water partition coefficient (Wildman–Crippen LogP) is 4.05. The molecule has 1 aliphatic carbocycles. The lowest BCUT2D eigenvalue weighted by Crippen LogP contribution is -2.64. The number of amides is 3. The Labute approximate surface area is 171 Å². The van der Waals surface area contributed by atoms with Crippen LogP contribution in [-0.4, -0.2) is 24.3 Å². The lowest BCUT2D eigenvalue weighted by Gasteiger charge is -2.54. The van der Waals surface area contributed by atoms with Gasteiger partial charge in [0.1, 0.15) is 0 Å². The summed E-state index contributed by atoms with van der Waals surface area (Å²) in [5, 5.41) is 4.64. The molecule has 2 aliphatic rings. The minimum atomic E-state index is -0.790. The second-order valence-electron chi connectivity index (χ2n) is 9.54. The van der Waals surface area contributed by atoms with Crippen molar-refractivity contribution in [3.8, 4) is 0 Å². The number of piperidine rings is 1. The van der Waals surface area contributed by atoms with Crippen LogP contribution in [0.3, 0.4) is 0 Å². The third kappa shape index (κ3) is 2.95. The number of hydrogen-bond acceptors (Lipinski definition) is 3. The Kier molecular flexibility index (Phi) is 4.34. The topological polar surface area (TPSA) is 66.5 Å². The normalized spacial score (nSPS) is 31.4. The van der Waals surface area contributed by atoms with E-state index in [4.69, 9.17) is 0 Å². The molecule has 1 aliphatic heterocycles. The van der Waals surface area contributed by atoms with Crippen molar-refractivity contribution in [3.05, 3.63) is 42.5 Å². The van der Waals surface area contributed by atoms with Crippen LogP contribution in [0.4, 0.5) is 5.69 Å². The zero-order valence-corrected chi connectivity index (χ0v) is 17.5. The van der Waals surface area contributed by atoms with Crippen LogP contribution in [0.15, 0.2) is 42.5 Å². The maximum atomic E-state index is 13.9. The van der Waals surface area contributed by atoms with Gasteiger partial charge in [-0.3, -0.25) is 19.7 Å². The number of imide groups is 1. The standard InChI is InChI=1S/C24H28N2O3/c1-5-26(18-12-8-10-16-9-6-7-11-17(16)18)21(29)24(4)14-22(2)13-23(3,15-24)20(28)25-19(22)27/h6-12H,5,13-15H2,1-4H3,(H,25,27,28). The summed E-state index contributed by atoms with van der Waals surface area (Å²) in [5.41, 5.74) is -1.35. The molecule has 2 fully saturated rings. The maximum absolute atomic E-state index is 13.9. The summed E-state index contributed by atoms with van der Waals surface area (Å²) in [6, 6.07) is 14.0. The Morgan fingerprint density at radius 1 is 0.931 bits per heavy atom. The van der Waals surface area contributed by atoms with Gasteiger partial charge in [0.15, 0.2) is 0 Å². The van der Waals surface area contributed by atoms with Gasteiger partial charge in [-0.15, -0.1) is 0 Å². The summed E-state index contributed by atoms with van der Waals surface area (Å²) < 4.78 is 0. The molecule has 2 aromatic carbocycles. The molecule has 2 bridgehead atoms. The van der Waals surface area contributed by atoms with Gasteiger partial charge in [0.2, 0.25) is 17.7 Å². The summed E-state index contributed by atoms with van der Waals surface area (Å²) in [5.74, 6) is -0.533. The molecule has 0 radical (unpaired) electrons. The van der Waals surface area contributed by atoms with E-state index < -0.39 is 16.2 Å². The number of carbonyl (C=O) groups excluding carboxylic acids is 3. The van der Waals surface area contributed by atoms with Crippen molar-refractivity contribution < 1.29 is 14.4 Å². The number of benzene rings is 2. The van der Waals surface area contributed by atoms with Crippen molar-refractivity contribution in [3.63, 3.8) is 0 Å². The summed E-state index contributed by atoms with van der Waals surface area (Å²) in [7, 11) is 0. The number of rotatable bonds is 3. The van der Waals surface area contributed by atoms with E-state index in [1.807, 2.05) is 75.1 Å². The zero-order chi connectivity index (χ0) is 21.0. The third-order valence-electron chi connectivity index (χ3n) is 6.80. The highest BCUT2D eigenvalue weighted by Crippen LogP contribution is 2.57. The van der Waals surface area contributed by atoms with E-state index in [1.165, 1.54) is 0 Å². The van der Waals surface area contributed by atoms with Gasteiger partial charge in [0.05, 0.1) is 5.69 Å². The molecule has 5 nitrogen and oxygen atoms in total. The van der Waals surface area contributed by atoms with Crippen molar-refractivity contribution in [1.82, 2.24) is 5.32 Å². The second-order valence-corrected chi connectivity index (χ2v) is 9.54. The Bertz CT molecular complexity index is 996. The molecule has 3 amide bonds. The molecule has 2 atom stereocenters. The molecule has 152 valence electrons. The SMILES string of the molecule is CCN(C(=O)C1(C)CC2(C)CC(C)(C1)C(=O)NC2=O)c1cccc2ccccc12. The first-order valence-electron chi connectivity index (χ1n) is 10.3. The monoisotopic (exact) mass is 392 g/mol. The summed E-state index contributed by atoms with van der Waals surface area (Å²) >= 11 is 0. The van der Waals surface area contributed by atoms with Gasteiger partial charge in [0.25, 0.3) is 0 Å². The minimum Gasteiger partial charge on any atom is -0.312 e. The van der Waals surface area contributed by atoms with Gasteiger partial charge >= 0.3 is 0 Å². The first-order valence-corrected chi connectivity index (χ1v) is 10.3. The highest BCUT2D eigenvalue weighted by molar-refractivity contribution is 6.08. The van der Waals surface area contributed by atoms with E-state index in [-0.39, 0.29) is 17.7 Å². The Morgan fingerprint density at radius 3 is 2.14 bits per heavy atom. The van der Waals surface area contributed by atoms with Crippen LogP contribution in [0.25, 0.3) is 10.8 Å². The fourth-order valence-electron chi connectivity index (χ4n) is 5.84. The third-order valence-corrected chi connectivity index (χ3v) is 6.80. The smallest absolute Gasteiger partial charge is 0.232 e. The molecule has 1 heterocycles. The number of fused-ring (bicyclic) bond motifs is 3. The summed E-state index contributed by atoms with van der Waals surface area (Å²) in [6.07, 6.45) is 1.37. The van der Waals surface area contributed by atoms with Crippen LogP contribution < -0.4 is 10.2 Å². The predicted molar refractivity (Wildman–Crippen MR) is 113 cm³/mol. The Morgan fingerprint density at radius 2 is 1.52 bits per heavy atom. The van der Waals surface area contributed by atoms with Gasteiger partial charge in [-0.2, -0.15) is 0 Å². The van der Waals surface area contributed by atoms with Crippen LogP contribution >= 0.6 is 0 Å². The van der Waals surface area contributed by atoms with Crippen molar-refractivity contribution in [2.75, 3.05) is 11.4 Å². The van der Waals surface area contributed by atoms with Crippen LogP contribution in [0.2, 0.25) is 0 Å². The lowest BCUT2D eigenvalue weighted by molar-refractivity contribution is -0.163. The van der Waals surface area contributed by atoms with Gasteiger partial charge in [0, 0.05) is 28.2 Å². The number of hydrogen-bond donors (Lipinski definition) is 1. The second kappa shape index (κ2) is 6.41. The number of anilines is 1. The van der Waals surface area contributed by atoms with E-state index in [9.17, 15) is 14.4 Å². The van der Waals surface area contributed by atoms with Crippen LogP contribution in [0.1, 0.15) is 47.0 Å². The van der Waals surface area contributed by atoms with Gasteiger partial charge in [-0.1, -0.05) is 57.2 Å². The molecular formula is C24H28N2O3. The average Bonchev–Trinajstić information content (AvgIpc) is 2.66. The largest absolute Gasteiger partial charge is 0.312 e. The van der Waals surface area contributed by atoms with E-state index in [2.05, 4.69) is 5.32 Å². The molecule has 4 rings (SSSR count). The quantitative estimate of drug-likeness (QED) is 0.802. The van der Waals surface area contributed by atoms with Crippen molar-refractivity contribution >= 4 is 34.2 Å². The molecule has 1 saturated carbocycles. The molecule has 5 heteroatoms. The van der Waals surface area contributed by atoms with Crippen LogP contribution in [0, 0.1) is 16.2 Å². The van der Waals surface area contributed by atoms with E-state index in [0.717, 1.165) is 16.5 Å². The Balaban J connectivity index is 1.77. The lowest BCUT2D eigenvalue weighted by atomic mass is 9.52. The van der Waals surface area contributed by atoms with Crippen molar-refractivity contribution in [2.24, 2.45) is 16.2 Å². The van der Waals surface area contributed by atoms with Crippen LogP contribution in [-0.2, 0) is 14.4 Å². The highest BCUT2D eigenvalue weighted by Gasteiger charge is 2.61. The average molecular weight is 392 g/mol. The molecule has 1 saturated heterocycles.